The Morgan fingerprint density at radius 1 is 1.28 bits per heavy atom. The quantitative estimate of drug-likeness (QED) is 0.783. The minimum atomic E-state index is -3.51. The van der Waals surface area contributed by atoms with Crippen LogP contribution < -0.4 is 0 Å². The molecular formula is C18H20N4O2S. The van der Waals surface area contributed by atoms with Gasteiger partial charge in [0.2, 0.25) is 10.0 Å². The van der Waals surface area contributed by atoms with Crippen molar-refractivity contribution in [2.45, 2.75) is 30.6 Å². The van der Waals surface area contributed by atoms with Gasteiger partial charge in [-0.3, -0.25) is 4.98 Å². The van der Waals surface area contributed by atoms with Crippen molar-refractivity contribution in [2.75, 3.05) is 13.1 Å². The lowest BCUT2D eigenvalue weighted by molar-refractivity contribution is 0.310. The van der Waals surface area contributed by atoms with Gasteiger partial charge in [0.05, 0.1) is 11.0 Å². The lowest BCUT2D eigenvalue weighted by Crippen LogP contribution is -2.39. The van der Waals surface area contributed by atoms with E-state index in [-0.39, 0.29) is 10.8 Å². The summed E-state index contributed by atoms with van der Waals surface area (Å²) < 4.78 is 27.2. The molecule has 0 aliphatic carbocycles. The van der Waals surface area contributed by atoms with Crippen LogP contribution in [0.4, 0.5) is 0 Å². The van der Waals surface area contributed by atoms with Crippen LogP contribution in [0, 0.1) is 6.92 Å². The number of pyridine rings is 1. The summed E-state index contributed by atoms with van der Waals surface area (Å²) in [5.41, 5.74) is 3.10. The zero-order valence-corrected chi connectivity index (χ0v) is 14.8. The molecule has 2 aromatic heterocycles. The van der Waals surface area contributed by atoms with Gasteiger partial charge in [-0.2, -0.15) is 4.31 Å². The molecule has 1 aliphatic rings. The molecule has 1 aliphatic heterocycles. The first-order chi connectivity index (χ1) is 12.0. The standard InChI is InChI=1S/C18H20N4O2S/c1-13-6-7-16-17(10-13)21-18(20-16)14-4-3-9-22(12-14)25(23,24)15-5-2-8-19-11-15/h2,5-8,10-11,14H,3-4,9,12H2,1H3,(H,20,21)/t14-/m0/s1. The first-order valence-electron chi connectivity index (χ1n) is 8.40. The molecule has 1 saturated heterocycles. The SMILES string of the molecule is Cc1ccc2nc([C@H]3CCCN(S(=O)(=O)c4cccnc4)C3)[nH]c2c1. The highest BCUT2D eigenvalue weighted by Gasteiger charge is 2.32. The van der Waals surface area contributed by atoms with Gasteiger partial charge in [-0.15, -0.1) is 0 Å². The van der Waals surface area contributed by atoms with Crippen LogP contribution in [0.25, 0.3) is 11.0 Å². The van der Waals surface area contributed by atoms with Gasteiger partial charge < -0.3 is 4.98 Å². The van der Waals surface area contributed by atoms with Crippen LogP contribution in [0.1, 0.15) is 30.1 Å². The Morgan fingerprint density at radius 2 is 2.16 bits per heavy atom. The highest BCUT2D eigenvalue weighted by atomic mass is 32.2. The summed E-state index contributed by atoms with van der Waals surface area (Å²) in [6, 6.07) is 9.34. The van der Waals surface area contributed by atoms with Crippen LogP contribution in [0.5, 0.6) is 0 Å². The Labute approximate surface area is 147 Å². The van der Waals surface area contributed by atoms with Crippen molar-refractivity contribution in [3.05, 3.63) is 54.1 Å². The summed E-state index contributed by atoms with van der Waals surface area (Å²) in [4.78, 5) is 12.2. The van der Waals surface area contributed by atoms with Crippen molar-refractivity contribution in [3.8, 4) is 0 Å². The summed E-state index contributed by atoms with van der Waals surface area (Å²) in [5.74, 6) is 0.944. The Hall–Kier alpha value is -2.25. The molecule has 0 bridgehead atoms. The van der Waals surface area contributed by atoms with E-state index >= 15 is 0 Å². The maximum absolute atomic E-state index is 12.8. The van der Waals surface area contributed by atoms with Crippen LogP contribution in [-0.4, -0.2) is 40.8 Å². The molecule has 4 rings (SSSR count). The zero-order chi connectivity index (χ0) is 17.4. The van der Waals surface area contributed by atoms with E-state index in [2.05, 4.69) is 21.0 Å². The summed E-state index contributed by atoms with van der Waals surface area (Å²) in [6.45, 7) is 3.02. The normalized spacial score (nSPS) is 19.3. The monoisotopic (exact) mass is 356 g/mol. The minimum Gasteiger partial charge on any atom is -0.342 e. The molecule has 7 heteroatoms. The van der Waals surface area contributed by atoms with E-state index in [0.29, 0.717) is 13.1 Å². The van der Waals surface area contributed by atoms with Crippen LogP contribution in [0.15, 0.2) is 47.6 Å². The lowest BCUT2D eigenvalue weighted by atomic mass is 9.99. The van der Waals surface area contributed by atoms with Gasteiger partial charge >= 0.3 is 0 Å². The minimum absolute atomic E-state index is 0.0768. The number of fused-ring (bicyclic) bond motifs is 1. The molecule has 3 heterocycles. The number of piperidine rings is 1. The lowest BCUT2D eigenvalue weighted by Gasteiger charge is -2.30. The second-order valence-corrected chi connectivity index (χ2v) is 8.47. The van der Waals surface area contributed by atoms with E-state index in [0.717, 1.165) is 29.7 Å². The Bertz CT molecular complexity index is 998. The third kappa shape index (κ3) is 3.05. The predicted molar refractivity (Wildman–Crippen MR) is 95.8 cm³/mol. The van der Waals surface area contributed by atoms with Gasteiger partial charge in [-0.1, -0.05) is 6.07 Å². The molecule has 1 N–H and O–H groups in total. The molecule has 6 nitrogen and oxygen atoms in total. The van der Waals surface area contributed by atoms with Crippen molar-refractivity contribution in [1.29, 1.82) is 0 Å². The third-order valence-corrected chi connectivity index (χ3v) is 6.55. The Balaban J connectivity index is 1.62. The number of aromatic amines is 1. The smallest absolute Gasteiger partial charge is 0.244 e. The number of sulfonamides is 1. The molecule has 3 aromatic rings. The van der Waals surface area contributed by atoms with Crippen molar-refractivity contribution in [1.82, 2.24) is 19.3 Å². The molecule has 1 atom stereocenters. The van der Waals surface area contributed by atoms with Crippen LogP contribution >= 0.6 is 0 Å². The summed E-state index contributed by atoms with van der Waals surface area (Å²) in [6.07, 6.45) is 4.73. The van der Waals surface area contributed by atoms with Crippen LogP contribution in [0.2, 0.25) is 0 Å². The number of rotatable bonds is 3. The number of benzene rings is 1. The fourth-order valence-corrected chi connectivity index (χ4v) is 4.86. The second kappa shape index (κ2) is 6.24. The summed E-state index contributed by atoms with van der Waals surface area (Å²) in [5, 5.41) is 0. The zero-order valence-electron chi connectivity index (χ0n) is 14.0. The molecule has 1 fully saturated rings. The first kappa shape index (κ1) is 16.2. The molecule has 0 saturated carbocycles. The highest BCUT2D eigenvalue weighted by molar-refractivity contribution is 7.89. The van der Waals surface area contributed by atoms with Crippen molar-refractivity contribution < 1.29 is 8.42 Å². The number of aromatic nitrogens is 3. The topological polar surface area (TPSA) is 79.0 Å². The van der Waals surface area contributed by atoms with Crippen molar-refractivity contribution >= 4 is 21.1 Å². The average molecular weight is 356 g/mol. The first-order valence-corrected chi connectivity index (χ1v) is 9.84. The van der Waals surface area contributed by atoms with Crippen LogP contribution in [-0.2, 0) is 10.0 Å². The molecule has 0 spiro atoms. The van der Waals surface area contributed by atoms with Gasteiger partial charge in [0, 0.05) is 31.4 Å². The highest BCUT2D eigenvalue weighted by Crippen LogP contribution is 2.30. The van der Waals surface area contributed by atoms with E-state index < -0.39 is 10.0 Å². The predicted octanol–water partition coefficient (Wildman–Crippen LogP) is 2.83. The van der Waals surface area contributed by atoms with Crippen molar-refractivity contribution in [3.63, 3.8) is 0 Å². The summed E-state index contributed by atoms with van der Waals surface area (Å²) >= 11 is 0. The van der Waals surface area contributed by atoms with E-state index in [1.165, 1.54) is 11.8 Å². The molecule has 1 aromatic carbocycles. The largest absolute Gasteiger partial charge is 0.342 e. The molecule has 0 unspecified atom stereocenters. The van der Waals surface area contributed by atoms with E-state index in [9.17, 15) is 8.42 Å². The number of nitrogens with one attached hydrogen (secondary N) is 1. The number of hydrogen-bond donors (Lipinski definition) is 1. The van der Waals surface area contributed by atoms with E-state index in [1.54, 1.807) is 22.6 Å². The number of nitrogens with zero attached hydrogens (tertiary/aromatic N) is 3. The van der Waals surface area contributed by atoms with E-state index in [1.807, 2.05) is 19.1 Å². The molecule has 0 amide bonds. The van der Waals surface area contributed by atoms with Gasteiger partial charge in [-0.05, 0) is 49.6 Å². The van der Waals surface area contributed by atoms with Crippen LogP contribution in [0.3, 0.4) is 0 Å². The Morgan fingerprint density at radius 3 is 2.96 bits per heavy atom. The van der Waals surface area contributed by atoms with Gasteiger partial charge in [0.15, 0.2) is 0 Å². The fraction of sp³-hybridized carbons (Fsp3) is 0.333. The fourth-order valence-electron chi connectivity index (χ4n) is 3.37. The van der Waals surface area contributed by atoms with Crippen molar-refractivity contribution in [2.24, 2.45) is 0 Å². The Kier molecular flexibility index (Phi) is 4.05. The van der Waals surface area contributed by atoms with Gasteiger partial charge in [-0.25, -0.2) is 13.4 Å². The maximum Gasteiger partial charge on any atom is 0.244 e. The molecule has 25 heavy (non-hydrogen) atoms. The second-order valence-electron chi connectivity index (χ2n) is 6.53. The van der Waals surface area contributed by atoms with Gasteiger partial charge in [0.25, 0.3) is 0 Å². The molecule has 0 radical (unpaired) electrons. The third-order valence-electron chi connectivity index (χ3n) is 4.70. The number of H-pyrrole nitrogens is 1. The summed E-state index contributed by atoms with van der Waals surface area (Å²) in [7, 11) is -3.51. The number of hydrogen-bond acceptors (Lipinski definition) is 4. The number of imidazole rings is 1. The van der Waals surface area contributed by atoms with Gasteiger partial charge in [0.1, 0.15) is 10.7 Å². The number of aryl methyl sites for hydroxylation is 1. The maximum atomic E-state index is 12.8. The molecular weight excluding hydrogens is 336 g/mol. The molecule has 130 valence electrons. The average Bonchev–Trinajstić information content (AvgIpc) is 3.06. The van der Waals surface area contributed by atoms with E-state index in [4.69, 9.17) is 0 Å².